The van der Waals surface area contributed by atoms with E-state index in [1.165, 1.54) is 18.3 Å². The van der Waals surface area contributed by atoms with Gasteiger partial charge in [0.25, 0.3) is 5.91 Å². The van der Waals surface area contributed by atoms with E-state index >= 15 is 0 Å². The second kappa shape index (κ2) is 8.58. The number of hydrogen-bond donors (Lipinski definition) is 3. The van der Waals surface area contributed by atoms with Gasteiger partial charge in [-0.15, -0.1) is 0 Å². The molecule has 0 atom stereocenters. The first kappa shape index (κ1) is 18.8. The number of nitrogens with two attached hydrogens (primary N) is 1. The van der Waals surface area contributed by atoms with Gasteiger partial charge in [0, 0.05) is 29.7 Å². The van der Waals surface area contributed by atoms with E-state index in [1.807, 2.05) is 6.07 Å². The minimum absolute atomic E-state index is 0.197. The number of amides is 3. The summed E-state index contributed by atoms with van der Waals surface area (Å²) < 4.78 is 5.70. The Kier molecular flexibility index (Phi) is 5.75. The van der Waals surface area contributed by atoms with Gasteiger partial charge in [0.15, 0.2) is 5.82 Å². The zero-order valence-corrected chi connectivity index (χ0v) is 15.0. The van der Waals surface area contributed by atoms with Crippen molar-refractivity contribution < 1.29 is 14.3 Å². The highest BCUT2D eigenvalue weighted by Gasteiger charge is 2.12. The van der Waals surface area contributed by atoms with Crippen LogP contribution in [0, 0.1) is 6.92 Å². The number of hydrogen-bond acceptors (Lipinski definition) is 6. The van der Waals surface area contributed by atoms with Crippen molar-refractivity contribution in [3.63, 3.8) is 0 Å². The Labute approximate surface area is 161 Å². The molecule has 4 N–H and O–H groups in total. The van der Waals surface area contributed by atoms with E-state index in [1.54, 1.807) is 37.6 Å². The van der Waals surface area contributed by atoms with Gasteiger partial charge in [-0.1, -0.05) is 6.07 Å². The van der Waals surface area contributed by atoms with E-state index in [2.05, 4.69) is 25.6 Å². The van der Waals surface area contributed by atoms with Crippen LogP contribution in [0.25, 0.3) is 0 Å². The highest BCUT2D eigenvalue weighted by molar-refractivity contribution is 6.00. The SMILES string of the molecule is Cc1cnc(NC(=O)Nc2ccc(C(N)=O)c(OCc3cccnc3)c2)cn1. The van der Waals surface area contributed by atoms with Crippen molar-refractivity contribution in [1.82, 2.24) is 15.0 Å². The largest absolute Gasteiger partial charge is 0.488 e. The van der Waals surface area contributed by atoms with Crippen LogP contribution in [0.3, 0.4) is 0 Å². The lowest BCUT2D eigenvalue weighted by atomic mass is 10.1. The second-order valence-electron chi connectivity index (χ2n) is 5.85. The van der Waals surface area contributed by atoms with Gasteiger partial charge in [-0.3, -0.25) is 20.1 Å². The second-order valence-corrected chi connectivity index (χ2v) is 5.85. The molecule has 0 aliphatic heterocycles. The number of ether oxygens (including phenoxy) is 1. The molecule has 1 aromatic carbocycles. The zero-order chi connectivity index (χ0) is 19.9. The summed E-state index contributed by atoms with van der Waals surface area (Å²) in [4.78, 5) is 35.9. The molecule has 0 saturated carbocycles. The van der Waals surface area contributed by atoms with Crippen molar-refractivity contribution in [1.29, 1.82) is 0 Å². The van der Waals surface area contributed by atoms with Crippen LogP contribution in [-0.4, -0.2) is 26.9 Å². The first-order valence-electron chi connectivity index (χ1n) is 8.33. The zero-order valence-electron chi connectivity index (χ0n) is 15.0. The maximum Gasteiger partial charge on any atom is 0.324 e. The maximum atomic E-state index is 12.1. The van der Waals surface area contributed by atoms with Gasteiger partial charge in [-0.25, -0.2) is 9.78 Å². The lowest BCUT2D eigenvalue weighted by Gasteiger charge is -2.12. The highest BCUT2D eigenvalue weighted by atomic mass is 16.5. The van der Waals surface area contributed by atoms with E-state index in [9.17, 15) is 9.59 Å². The summed E-state index contributed by atoms with van der Waals surface area (Å²) in [5.41, 5.74) is 7.60. The summed E-state index contributed by atoms with van der Waals surface area (Å²) in [7, 11) is 0. The molecule has 0 radical (unpaired) electrons. The standard InChI is InChI=1S/C19H18N6O3/c1-12-8-23-17(10-22-12)25-19(27)24-14-4-5-15(18(20)26)16(7-14)28-11-13-3-2-6-21-9-13/h2-10H,11H2,1H3,(H2,20,26)(H2,23,24,25,27). The average Bonchev–Trinajstić information content (AvgIpc) is 2.69. The fourth-order valence-corrected chi connectivity index (χ4v) is 2.30. The number of primary amides is 1. The van der Waals surface area contributed by atoms with Gasteiger partial charge in [-0.2, -0.15) is 0 Å². The molecular weight excluding hydrogens is 360 g/mol. The van der Waals surface area contributed by atoms with Gasteiger partial charge >= 0.3 is 6.03 Å². The fraction of sp³-hybridized carbons (Fsp3) is 0.105. The van der Waals surface area contributed by atoms with Crippen LogP contribution >= 0.6 is 0 Å². The van der Waals surface area contributed by atoms with E-state index < -0.39 is 11.9 Å². The Balaban J connectivity index is 1.71. The number of rotatable bonds is 6. The maximum absolute atomic E-state index is 12.1. The Bertz CT molecular complexity index is 977. The Morgan fingerprint density at radius 1 is 1.11 bits per heavy atom. The molecule has 0 unspecified atom stereocenters. The third kappa shape index (κ3) is 5.01. The van der Waals surface area contributed by atoms with Gasteiger partial charge < -0.3 is 15.8 Å². The number of aromatic nitrogens is 3. The third-order valence-electron chi connectivity index (χ3n) is 3.64. The quantitative estimate of drug-likeness (QED) is 0.604. The van der Waals surface area contributed by atoms with Crippen molar-refractivity contribution in [3.8, 4) is 5.75 Å². The topological polar surface area (TPSA) is 132 Å². The first-order chi connectivity index (χ1) is 13.5. The van der Waals surface area contributed by atoms with Crippen molar-refractivity contribution in [2.75, 3.05) is 10.6 Å². The average molecular weight is 378 g/mol. The van der Waals surface area contributed by atoms with Crippen molar-refractivity contribution >= 4 is 23.4 Å². The molecule has 0 fully saturated rings. The van der Waals surface area contributed by atoms with E-state index in [0.717, 1.165) is 11.3 Å². The van der Waals surface area contributed by atoms with Gasteiger partial charge in [0.2, 0.25) is 0 Å². The summed E-state index contributed by atoms with van der Waals surface area (Å²) in [5.74, 6) is -0.0682. The highest BCUT2D eigenvalue weighted by Crippen LogP contribution is 2.24. The van der Waals surface area contributed by atoms with Crippen molar-refractivity contribution in [2.24, 2.45) is 5.73 Å². The molecule has 28 heavy (non-hydrogen) atoms. The van der Waals surface area contributed by atoms with Crippen LogP contribution in [0.15, 0.2) is 55.1 Å². The van der Waals surface area contributed by atoms with Crippen LogP contribution in [0.2, 0.25) is 0 Å². The van der Waals surface area contributed by atoms with E-state index in [0.29, 0.717) is 11.5 Å². The smallest absolute Gasteiger partial charge is 0.324 e. The van der Waals surface area contributed by atoms with Crippen LogP contribution in [0.4, 0.5) is 16.3 Å². The van der Waals surface area contributed by atoms with Crippen molar-refractivity contribution in [3.05, 3.63) is 71.9 Å². The Morgan fingerprint density at radius 3 is 2.64 bits per heavy atom. The summed E-state index contributed by atoms with van der Waals surface area (Å²) >= 11 is 0. The van der Waals surface area contributed by atoms with E-state index in [-0.39, 0.29) is 17.9 Å². The Morgan fingerprint density at radius 2 is 1.96 bits per heavy atom. The van der Waals surface area contributed by atoms with Crippen molar-refractivity contribution in [2.45, 2.75) is 13.5 Å². The van der Waals surface area contributed by atoms with Gasteiger partial charge in [-0.05, 0) is 25.1 Å². The number of benzene rings is 1. The number of carbonyl (C=O) groups is 2. The number of urea groups is 1. The summed E-state index contributed by atoms with van der Waals surface area (Å²) in [6, 6.07) is 7.68. The summed E-state index contributed by atoms with van der Waals surface area (Å²) in [6.07, 6.45) is 6.30. The normalized spacial score (nSPS) is 10.2. The Hall–Kier alpha value is -4.01. The number of nitrogens with zero attached hydrogens (tertiary/aromatic N) is 3. The molecular formula is C19H18N6O3. The molecule has 3 aromatic rings. The van der Waals surface area contributed by atoms with Crippen LogP contribution in [0.5, 0.6) is 5.75 Å². The molecule has 0 saturated heterocycles. The number of carbonyl (C=O) groups excluding carboxylic acids is 2. The molecule has 0 aliphatic rings. The minimum Gasteiger partial charge on any atom is -0.488 e. The number of anilines is 2. The fourth-order valence-electron chi connectivity index (χ4n) is 2.30. The summed E-state index contributed by atoms with van der Waals surface area (Å²) in [5, 5.41) is 5.22. The first-order valence-corrected chi connectivity index (χ1v) is 8.33. The molecule has 0 bridgehead atoms. The lowest BCUT2D eigenvalue weighted by molar-refractivity contribution is 0.0996. The monoisotopic (exact) mass is 378 g/mol. The lowest BCUT2D eigenvalue weighted by Crippen LogP contribution is -2.20. The third-order valence-corrected chi connectivity index (χ3v) is 3.64. The molecule has 3 rings (SSSR count). The minimum atomic E-state index is -0.632. The number of nitrogens with one attached hydrogen (secondary N) is 2. The van der Waals surface area contributed by atoms with Crippen LogP contribution < -0.4 is 21.1 Å². The predicted octanol–water partition coefficient (Wildman–Crippen LogP) is 2.50. The molecule has 3 amide bonds. The van der Waals surface area contributed by atoms with Gasteiger partial charge in [0.05, 0.1) is 23.7 Å². The molecule has 0 aliphatic carbocycles. The molecule has 2 heterocycles. The predicted molar refractivity (Wildman–Crippen MR) is 103 cm³/mol. The molecule has 9 heteroatoms. The molecule has 142 valence electrons. The molecule has 9 nitrogen and oxygen atoms in total. The van der Waals surface area contributed by atoms with E-state index in [4.69, 9.17) is 10.5 Å². The molecule has 0 spiro atoms. The molecule has 2 aromatic heterocycles. The van der Waals surface area contributed by atoms with Gasteiger partial charge in [0.1, 0.15) is 12.4 Å². The number of aryl methyl sites for hydroxylation is 1. The van der Waals surface area contributed by atoms with Crippen LogP contribution in [0.1, 0.15) is 21.6 Å². The van der Waals surface area contributed by atoms with Crippen LogP contribution in [-0.2, 0) is 6.61 Å². The summed E-state index contributed by atoms with van der Waals surface area (Å²) in [6.45, 7) is 1.99. The number of pyridine rings is 1.